The Bertz CT molecular complexity index is 581. The Labute approximate surface area is 143 Å². The summed E-state index contributed by atoms with van der Waals surface area (Å²) >= 11 is 0. The number of methoxy groups -OCH3 is 1. The van der Waals surface area contributed by atoms with Gasteiger partial charge in [0.15, 0.2) is 0 Å². The molecule has 0 saturated heterocycles. The lowest BCUT2D eigenvalue weighted by Crippen LogP contribution is -2.53. The molecule has 0 aliphatic rings. The minimum atomic E-state index is -1.75. The van der Waals surface area contributed by atoms with Crippen LogP contribution in [0.15, 0.2) is 18.2 Å². The predicted octanol–water partition coefficient (Wildman–Crippen LogP) is 2.70. The normalized spacial score (nSPS) is 15.8. The lowest BCUT2D eigenvalue weighted by Gasteiger charge is -2.33. The molecule has 1 aromatic rings. The Hall–Kier alpha value is -1.66. The number of hydrogen-bond donors (Lipinski definition) is 1. The third-order valence-electron chi connectivity index (χ3n) is 3.92. The van der Waals surface area contributed by atoms with Gasteiger partial charge in [-0.2, -0.15) is 0 Å². The number of esters is 1. The fourth-order valence-corrected chi connectivity index (χ4v) is 2.36. The van der Waals surface area contributed by atoms with Crippen LogP contribution in [0.1, 0.15) is 40.2 Å². The highest BCUT2D eigenvalue weighted by molar-refractivity contribution is 5.77. The molecule has 1 rings (SSSR count). The molecule has 0 fully saturated rings. The van der Waals surface area contributed by atoms with Crippen molar-refractivity contribution in [2.75, 3.05) is 20.7 Å². The maximum Gasteiger partial charge on any atom is 0.353 e. The topological polar surface area (TPSA) is 59.0 Å². The van der Waals surface area contributed by atoms with E-state index in [0.29, 0.717) is 5.75 Å². The van der Waals surface area contributed by atoms with Crippen LogP contribution in [0.4, 0.5) is 4.39 Å². The molecule has 0 saturated carbocycles. The molecule has 1 aromatic carbocycles. The summed E-state index contributed by atoms with van der Waals surface area (Å²) in [6.45, 7) is 9.40. The number of carbonyl (C=O) groups is 1. The van der Waals surface area contributed by atoms with E-state index >= 15 is 0 Å². The molecule has 24 heavy (non-hydrogen) atoms. The van der Waals surface area contributed by atoms with Gasteiger partial charge in [-0.1, -0.05) is 20.8 Å². The number of hydrogen-bond acceptors (Lipinski definition) is 5. The van der Waals surface area contributed by atoms with Gasteiger partial charge in [-0.15, -0.1) is 0 Å². The summed E-state index contributed by atoms with van der Waals surface area (Å²) in [6.07, 6.45) is -0.335. The van der Waals surface area contributed by atoms with E-state index in [1.165, 1.54) is 31.1 Å². The highest BCUT2D eigenvalue weighted by Crippen LogP contribution is 2.32. The van der Waals surface area contributed by atoms with Crippen LogP contribution in [-0.2, 0) is 14.9 Å². The van der Waals surface area contributed by atoms with Gasteiger partial charge in [0.05, 0.1) is 7.11 Å². The second-order valence-corrected chi connectivity index (χ2v) is 7.21. The summed E-state index contributed by atoms with van der Waals surface area (Å²) in [4.78, 5) is 13.1. The minimum absolute atomic E-state index is 0.277. The van der Waals surface area contributed by atoms with E-state index in [0.717, 1.165) is 5.56 Å². The minimum Gasteiger partial charge on any atom is -0.489 e. The standard InChI is InChI=1S/C18H28FNO4/c1-12(11-20(6)18(5,22)16(21)23-7)24-15-9-8-13(19)10-14(15)17(2,3)4/h8-10,12,22H,11H2,1-7H3. The number of carbonyl (C=O) groups excluding carboxylic acids is 1. The largest absolute Gasteiger partial charge is 0.489 e. The van der Waals surface area contributed by atoms with E-state index < -0.39 is 11.7 Å². The summed E-state index contributed by atoms with van der Waals surface area (Å²) in [5.41, 5.74) is -1.26. The molecule has 1 N–H and O–H groups in total. The molecule has 2 unspecified atom stereocenters. The van der Waals surface area contributed by atoms with Gasteiger partial charge in [0.25, 0.3) is 0 Å². The van der Waals surface area contributed by atoms with E-state index in [1.807, 2.05) is 27.7 Å². The maximum atomic E-state index is 13.6. The monoisotopic (exact) mass is 341 g/mol. The molecule has 5 nitrogen and oxygen atoms in total. The third kappa shape index (κ3) is 4.92. The zero-order valence-corrected chi connectivity index (χ0v) is 15.5. The van der Waals surface area contributed by atoms with Gasteiger partial charge >= 0.3 is 5.97 Å². The number of benzene rings is 1. The van der Waals surface area contributed by atoms with Crippen LogP contribution in [0.5, 0.6) is 5.75 Å². The van der Waals surface area contributed by atoms with E-state index in [4.69, 9.17) is 4.74 Å². The number of nitrogens with zero attached hydrogens (tertiary/aromatic N) is 1. The molecule has 0 aromatic heterocycles. The van der Waals surface area contributed by atoms with Crippen molar-refractivity contribution in [2.45, 2.75) is 51.9 Å². The Morgan fingerprint density at radius 3 is 2.42 bits per heavy atom. The molecule has 0 aliphatic heterocycles. The first kappa shape index (κ1) is 20.4. The number of ether oxygens (including phenoxy) is 2. The second kappa shape index (κ2) is 7.49. The second-order valence-electron chi connectivity index (χ2n) is 7.21. The Kier molecular flexibility index (Phi) is 6.36. The van der Waals surface area contributed by atoms with Crippen molar-refractivity contribution in [3.8, 4) is 5.75 Å². The average Bonchev–Trinajstić information content (AvgIpc) is 2.46. The fraction of sp³-hybridized carbons (Fsp3) is 0.611. The van der Waals surface area contributed by atoms with Gasteiger partial charge < -0.3 is 14.6 Å². The van der Waals surface area contributed by atoms with Crippen molar-refractivity contribution in [3.05, 3.63) is 29.6 Å². The lowest BCUT2D eigenvalue weighted by atomic mass is 9.86. The van der Waals surface area contributed by atoms with Crippen molar-refractivity contribution in [3.63, 3.8) is 0 Å². The Morgan fingerprint density at radius 2 is 1.92 bits per heavy atom. The van der Waals surface area contributed by atoms with E-state index in [1.54, 1.807) is 13.1 Å². The quantitative estimate of drug-likeness (QED) is 0.637. The van der Waals surface area contributed by atoms with Gasteiger partial charge in [-0.25, -0.2) is 9.18 Å². The first-order valence-electron chi connectivity index (χ1n) is 7.88. The van der Waals surface area contributed by atoms with Crippen molar-refractivity contribution < 1.29 is 23.8 Å². The molecule has 0 bridgehead atoms. The summed E-state index contributed by atoms with van der Waals surface area (Å²) in [5, 5.41) is 10.2. The Balaban J connectivity index is 2.90. The van der Waals surface area contributed by atoms with Crippen LogP contribution >= 0.6 is 0 Å². The van der Waals surface area contributed by atoms with Crippen LogP contribution in [-0.4, -0.2) is 48.5 Å². The number of likely N-dealkylation sites (N-methyl/N-ethyl adjacent to an activating group) is 1. The van der Waals surface area contributed by atoms with Gasteiger partial charge in [0.2, 0.25) is 5.72 Å². The summed E-state index contributed by atoms with van der Waals surface area (Å²) in [7, 11) is 2.82. The predicted molar refractivity (Wildman–Crippen MR) is 90.5 cm³/mol. The smallest absolute Gasteiger partial charge is 0.353 e. The average molecular weight is 341 g/mol. The van der Waals surface area contributed by atoms with Gasteiger partial charge in [-0.3, -0.25) is 4.90 Å². The SMILES string of the molecule is COC(=O)C(C)(O)N(C)CC(C)Oc1ccc(F)cc1C(C)(C)C. The molecule has 6 heteroatoms. The number of aliphatic hydroxyl groups is 1. The van der Waals surface area contributed by atoms with E-state index in [2.05, 4.69) is 4.74 Å². The molecule has 136 valence electrons. The van der Waals surface area contributed by atoms with Gasteiger partial charge in [-0.05, 0) is 44.5 Å². The molecule has 0 amide bonds. The van der Waals surface area contributed by atoms with Crippen molar-refractivity contribution in [2.24, 2.45) is 0 Å². The van der Waals surface area contributed by atoms with Gasteiger partial charge in [0, 0.05) is 12.1 Å². The van der Waals surface area contributed by atoms with Crippen LogP contribution in [0.2, 0.25) is 0 Å². The van der Waals surface area contributed by atoms with E-state index in [-0.39, 0.29) is 23.9 Å². The highest BCUT2D eigenvalue weighted by atomic mass is 19.1. The van der Waals surface area contributed by atoms with Crippen molar-refractivity contribution in [1.82, 2.24) is 4.90 Å². The molecule has 0 spiro atoms. The van der Waals surface area contributed by atoms with Crippen LogP contribution < -0.4 is 4.74 Å². The van der Waals surface area contributed by atoms with Gasteiger partial charge in [0.1, 0.15) is 17.7 Å². The molecule has 0 heterocycles. The zero-order chi connectivity index (χ0) is 18.7. The fourth-order valence-electron chi connectivity index (χ4n) is 2.36. The van der Waals surface area contributed by atoms with Crippen LogP contribution in [0.3, 0.4) is 0 Å². The number of halogens is 1. The third-order valence-corrected chi connectivity index (χ3v) is 3.92. The molecular weight excluding hydrogens is 313 g/mol. The molecular formula is C18H28FNO4. The summed E-state index contributed by atoms with van der Waals surface area (Å²) < 4.78 is 24.1. The number of rotatable bonds is 6. The molecule has 0 radical (unpaired) electrons. The van der Waals surface area contributed by atoms with Crippen LogP contribution in [0, 0.1) is 5.82 Å². The molecule has 0 aliphatic carbocycles. The maximum absolute atomic E-state index is 13.6. The zero-order valence-electron chi connectivity index (χ0n) is 15.5. The highest BCUT2D eigenvalue weighted by Gasteiger charge is 2.37. The van der Waals surface area contributed by atoms with Crippen LogP contribution in [0.25, 0.3) is 0 Å². The summed E-state index contributed by atoms with van der Waals surface area (Å²) in [6, 6.07) is 4.42. The Morgan fingerprint density at radius 1 is 1.33 bits per heavy atom. The summed E-state index contributed by atoms with van der Waals surface area (Å²) in [5.74, 6) is -0.470. The van der Waals surface area contributed by atoms with Crippen molar-refractivity contribution >= 4 is 5.97 Å². The first-order chi connectivity index (χ1) is 10.9. The van der Waals surface area contributed by atoms with E-state index in [9.17, 15) is 14.3 Å². The van der Waals surface area contributed by atoms with Crippen molar-refractivity contribution in [1.29, 1.82) is 0 Å². The molecule has 2 atom stereocenters. The first-order valence-corrected chi connectivity index (χ1v) is 7.88. The lowest BCUT2D eigenvalue weighted by molar-refractivity contribution is -0.181.